The van der Waals surface area contributed by atoms with Crippen molar-refractivity contribution < 1.29 is 51.3 Å². The fraction of sp³-hybridized carbons (Fsp3) is 0.407. The summed E-state index contributed by atoms with van der Waals surface area (Å²) in [6.07, 6.45) is -6.97. The third-order valence-corrected chi connectivity index (χ3v) is 6.14. The summed E-state index contributed by atoms with van der Waals surface area (Å²) < 4.78 is 65.5. The van der Waals surface area contributed by atoms with Gasteiger partial charge in [0.05, 0.1) is 17.9 Å². The third kappa shape index (κ3) is 10.8. The van der Waals surface area contributed by atoms with E-state index in [4.69, 9.17) is 19.8 Å². The number of carbonyl (C=O) groups is 2. The smallest absolute Gasteiger partial charge is 0.475 e. The number of carboxylic acids is 2. The van der Waals surface area contributed by atoms with Gasteiger partial charge in [0.1, 0.15) is 5.60 Å². The molecular weight excluding hydrogens is 574 g/mol. The average Bonchev–Trinajstić information content (AvgIpc) is 3.22. The zero-order valence-corrected chi connectivity index (χ0v) is 22.7. The van der Waals surface area contributed by atoms with Crippen molar-refractivity contribution in [1.29, 1.82) is 0 Å². The predicted molar refractivity (Wildman–Crippen MR) is 137 cm³/mol. The molecule has 0 unspecified atom stereocenters. The van der Waals surface area contributed by atoms with Gasteiger partial charge in [-0.1, -0.05) is 30.3 Å². The highest BCUT2D eigenvalue weighted by molar-refractivity contribution is 5.73. The number of piperidine rings is 1. The van der Waals surface area contributed by atoms with Crippen molar-refractivity contribution in [3.8, 4) is 0 Å². The third-order valence-electron chi connectivity index (χ3n) is 6.14. The second-order valence-corrected chi connectivity index (χ2v) is 9.53. The summed E-state index contributed by atoms with van der Waals surface area (Å²) in [5, 5.41) is 29.8. The van der Waals surface area contributed by atoms with Crippen LogP contribution in [0.4, 0.5) is 26.3 Å². The topological polar surface area (TPSA) is 129 Å². The van der Waals surface area contributed by atoms with Crippen LogP contribution in [0.2, 0.25) is 0 Å². The molecule has 1 aromatic carbocycles. The molecule has 3 N–H and O–H groups in total. The van der Waals surface area contributed by atoms with Gasteiger partial charge in [-0.05, 0) is 56.0 Å². The normalized spacial score (nSPS) is 15.1. The maximum atomic E-state index is 11.0. The number of likely N-dealkylation sites (tertiary alicyclic amines) is 1. The van der Waals surface area contributed by atoms with Crippen LogP contribution in [-0.4, -0.2) is 72.4 Å². The largest absolute Gasteiger partial charge is 0.490 e. The van der Waals surface area contributed by atoms with Crippen molar-refractivity contribution in [2.75, 3.05) is 13.1 Å². The van der Waals surface area contributed by atoms with Crippen LogP contribution in [0, 0.1) is 13.8 Å². The Morgan fingerprint density at radius 3 is 1.81 bits per heavy atom. The zero-order chi connectivity index (χ0) is 31.7. The van der Waals surface area contributed by atoms with Crippen molar-refractivity contribution >= 4 is 11.9 Å². The SMILES string of the molecule is Cc1cc(C)n(Cc2cccc(CN3CCC(O)(c4ccccn4)CC3)c2)n1.O=C(O)C(F)(F)F.O=C(O)C(F)(F)F. The van der Waals surface area contributed by atoms with Gasteiger partial charge in [-0.15, -0.1) is 0 Å². The molecule has 0 amide bonds. The van der Waals surface area contributed by atoms with E-state index in [1.165, 1.54) is 16.8 Å². The summed E-state index contributed by atoms with van der Waals surface area (Å²) in [6, 6.07) is 16.6. The lowest BCUT2D eigenvalue weighted by atomic mass is 9.87. The Labute approximate surface area is 237 Å². The number of rotatable bonds is 5. The molecule has 2 aromatic heterocycles. The molecule has 1 aliphatic rings. The molecule has 0 aliphatic carbocycles. The standard InChI is InChI=1S/C23H28N4O.2C2HF3O2/c1-18-14-19(2)27(25-18)17-21-7-5-6-20(15-21)16-26-12-9-23(28,10-13-26)22-8-3-4-11-24-22;2*3-2(4,5)1(6)7/h3-8,11,14-15,28H,9-10,12-13,16-17H2,1-2H3;2*(H,6,7). The minimum absolute atomic E-state index is 0.718. The molecule has 1 fully saturated rings. The number of benzene rings is 1. The Kier molecular flexibility index (Phi) is 11.6. The molecule has 0 saturated carbocycles. The molecule has 42 heavy (non-hydrogen) atoms. The second-order valence-electron chi connectivity index (χ2n) is 9.53. The molecule has 9 nitrogen and oxygen atoms in total. The number of aliphatic carboxylic acids is 2. The first-order valence-corrected chi connectivity index (χ1v) is 12.5. The molecule has 4 rings (SSSR count). The lowest BCUT2D eigenvalue weighted by molar-refractivity contribution is -0.193. The first-order chi connectivity index (χ1) is 19.4. The molecule has 1 saturated heterocycles. The van der Waals surface area contributed by atoms with Crippen LogP contribution >= 0.6 is 0 Å². The molecule has 0 bridgehead atoms. The van der Waals surface area contributed by atoms with Crippen LogP contribution in [0.1, 0.15) is 41.1 Å². The Bertz CT molecular complexity index is 1300. The number of pyridine rings is 1. The van der Waals surface area contributed by atoms with Gasteiger partial charge < -0.3 is 15.3 Å². The van der Waals surface area contributed by atoms with Crippen molar-refractivity contribution in [2.24, 2.45) is 0 Å². The van der Waals surface area contributed by atoms with Gasteiger partial charge in [0, 0.05) is 31.5 Å². The first-order valence-electron chi connectivity index (χ1n) is 12.5. The fourth-order valence-electron chi connectivity index (χ4n) is 4.07. The molecule has 0 atom stereocenters. The van der Waals surface area contributed by atoms with Crippen LogP contribution in [0.15, 0.2) is 54.7 Å². The van der Waals surface area contributed by atoms with Gasteiger partial charge in [-0.25, -0.2) is 9.59 Å². The number of aryl methyl sites for hydroxylation is 2. The number of aliphatic hydroxyl groups is 1. The first kappa shape index (κ1) is 34.2. The summed E-state index contributed by atoms with van der Waals surface area (Å²) in [4.78, 5) is 24.6. The van der Waals surface area contributed by atoms with E-state index in [1.807, 2.05) is 25.1 Å². The van der Waals surface area contributed by atoms with E-state index < -0.39 is 29.9 Å². The van der Waals surface area contributed by atoms with Crippen molar-refractivity contribution in [1.82, 2.24) is 19.7 Å². The molecule has 3 heterocycles. The molecule has 15 heteroatoms. The van der Waals surface area contributed by atoms with Crippen LogP contribution in [0.3, 0.4) is 0 Å². The van der Waals surface area contributed by atoms with E-state index in [9.17, 15) is 31.4 Å². The lowest BCUT2D eigenvalue weighted by Gasteiger charge is -2.37. The minimum Gasteiger partial charge on any atom is -0.475 e. The maximum Gasteiger partial charge on any atom is 0.490 e. The zero-order valence-electron chi connectivity index (χ0n) is 22.7. The molecule has 0 spiro atoms. The lowest BCUT2D eigenvalue weighted by Crippen LogP contribution is -2.42. The molecule has 3 aromatic rings. The molecule has 0 radical (unpaired) electrons. The number of halogens is 6. The van der Waals surface area contributed by atoms with Crippen LogP contribution < -0.4 is 0 Å². The highest BCUT2D eigenvalue weighted by atomic mass is 19.4. The number of aromatic nitrogens is 3. The minimum atomic E-state index is -5.08. The van der Waals surface area contributed by atoms with Crippen molar-refractivity contribution in [3.05, 3.63) is 82.9 Å². The summed E-state index contributed by atoms with van der Waals surface area (Å²) in [5.41, 5.74) is 4.82. The summed E-state index contributed by atoms with van der Waals surface area (Å²) in [6.45, 7) is 7.57. The number of carboxylic acid groups (broad SMARTS) is 2. The summed E-state index contributed by atoms with van der Waals surface area (Å²) in [7, 11) is 0. The van der Waals surface area contributed by atoms with E-state index in [0.717, 1.165) is 50.4 Å². The Morgan fingerprint density at radius 2 is 1.38 bits per heavy atom. The van der Waals surface area contributed by atoms with Gasteiger partial charge >= 0.3 is 24.3 Å². The van der Waals surface area contributed by atoms with Gasteiger partial charge in [0.2, 0.25) is 0 Å². The fourth-order valence-corrected chi connectivity index (χ4v) is 4.07. The van der Waals surface area contributed by atoms with E-state index in [1.54, 1.807) is 6.20 Å². The number of alkyl halides is 6. The Balaban J connectivity index is 0.000000367. The monoisotopic (exact) mass is 604 g/mol. The average molecular weight is 605 g/mol. The van der Waals surface area contributed by atoms with Crippen molar-refractivity contribution in [2.45, 2.75) is 57.7 Å². The van der Waals surface area contributed by atoms with Crippen LogP contribution in [-0.2, 0) is 28.3 Å². The second kappa shape index (κ2) is 14.3. The predicted octanol–water partition coefficient (Wildman–Crippen LogP) is 4.69. The van der Waals surface area contributed by atoms with E-state index in [0.29, 0.717) is 0 Å². The maximum absolute atomic E-state index is 11.0. The number of nitrogens with zero attached hydrogens (tertiary/aromatic N) is 4. The van der Waals surface area contributed by atoms with E-state index in [-0.39, 0.29) is 0 Å². The molecular formula is C27H30F6N4O5. The number of hydrogen-bond acceptors (Lipinski definition) is 6. The number of hydrogen-bond donors (Lipinski definition) is 3. The quantitative estimate of drug-likeness (QED) is 0.358. The van der Waals surface area contributed by atoms with Crippen LogP contribution in [0.25, 0.3) is 0 Å². The van der Waals surface area contributed by atoms with Crippen LogP contribution in [0.5, 0.6) is 0 Å². The molecule has 230 valence electrons. The van der Waals surface area contributed by atoms with Gasteiger partial charge in [-0.3, -0.25) is 14.6 Å². The Hall–Kier alpha value is -3.98. The highest BCUT2D eigenvalue weighted by Crippen LogP contribution is 2.32. The molecule has 1 aliphatic heterocycles. The Morgan fingerprint density at radius 1 is 0.857 bits per heavy atom. The van der Waals surface area contributed by atoms with Crippen molar-refractivity contribution in [3.63, 3.8) is 0 Å². The summed E-state index contributed by atoms with van der Waals surface area (Å²) >= 11 is 0. The highest BCUT2D eigenvalue weighted by Gasteiger charge is 2.39. The van der Waals surface area contributed by atoms with E-state index >= 15 is 0 Å². The van der Waals surface area contributed by atoms with Gasteiger partial charge in [0.25, 0.3) is 0 Å². The van der Waals surface area contributed by atoms with E-state index in [2.05, 4.69) is 56.9 Å². The van der Waals surface area contributed by atoms with Gasteiger partial charge in [0.15, 0.2) is 0 Å². The summed E-state index contributed by atoms with van der Waals surface area (Å²) in [5.74, 6) is -5.51. The van der Waals surface area contributed by atoms with Gasteiger partial charge in [-0.2, -0.15) is 31.4 Å².